The maximum atomic E-state index is 12.7. The van der Waals surface area contributed by atoms with E-state index >= 15 is 0 Å². The fraction of sp³-hybridized carbons (Fsp3) is 0.0526. The predicted octanol–water partition coefficient (Wildman–Crippen LogP) is 4.53. The molecule has 24 heavy (non-hydrogen) atoms. The van der Waals surface area contributed by atoms with Crippen molar-refractivity contribution >= 4 is 39.9 Å². The van der Waals surface area contributed by atoms with Crippen molar-refractivity contribution in [1.82, 2.24) is 0 Å². The highest BCUT2D eigenvalue weighted by atomic mass is 35.5. The first-order chi connectivity index (χ1) is 11.6. The third-order valence-corrected chi connectivity index (χ3v) is 3.91. The zero-order valence-corrected chi connectivity index (χ0v) is 13.6. The van der Waals surface area contributed by atoms with Crippen LogP contribution in [-0.2, 0) is 4.74 Å². The Labute approximate surface area is 144 Å². The normalized spacial score (nSPS) is 10.4. The highest BCUT2D eigenvalue weighted by molar-refractivity contribution is 6.30. The lowest BCUT2D eigenvalue weighted by molar-refractivity contribution is 0.0603. The molecule has 4 nitrogen and oxygen atoms in total. The van der Waals surface area contributed by atoms with Gasteiger partial charge in [0.05, 0.1) is 12.7 Å². The summed E-state index contributed by atoms with van der Waals surface area (Å²) < 4.78 is 4.83. The monoisotopic (exact) mass is 339 g/mol. The third kappa shape index (κ3) is 3.09. The molecule has 3 aromatic carbocycles. The summed E-state index contributed by atoms with van der Waals surface area (Å²) in [6.07, 6.45) is 0. The Balaban J connectivity index is 2.06. The summed E-state index contributed by atoms with van der Waals surface area (Å²) in [5, 5.41) is 4.76. The summed E-state index contributed by atoms with van der Waals surface area (Å²) in [4.78, 5) is 24.7. The van der Waals surface area contributed by atoms with E-state index in [1.165, 1.54) is 7.11 Å². The number of anilines is 1. The fourth-order valence-electron chi connectivity index (χ4n) is 2.54. The molecule has 0 atom stereocenters. The Morgan fingerprint density at radius 1 is 0.917 bits per heavy atom. The van der Waals surface area contributed by atoms with Gasteiger partial charge in [-0.05, 0) is 41.8 Å². The van der Waals surface area contributed by atoms with Crippen LogP contribution in [0.15, 0.2) is 60.7 Å². The van der Waals surface area contributed by atoms with Crippen molar-refractivity contribution in [2.45, 2.75) is 0 Å². The van der Waals surface area contributed by atoms with Gasteiger partial charge in [0.2, 0.25) is 0 Å². The number of amides is 1. The predicted molar refractivity (Wildman–Crippen MR) is 94.7 cm³/mol. The van der Waals surface area contributed by atoms with Gasteiger partial charge in [-0.15, -0.1) is 0 Å². The van der Waals surface area contributed by atoms with Crippen molar-refractivity contribution < 1.29 is 14.3 Å². The molecule has 0 aliphatic rings. The SMILES string of the molecule is COC(=O)c1cccc2cccc(C(=O)Nc3ccc(Cl)cc3)c12. The van der Waals surface area contributed by atoms with E-state index in [1.54, 1.807) is 48.5 Å². The molecule has 0 fully saturated rings. The zero-order chi connectivity index (χ0) is 17.1. The van der Waals surface area contributed by atoms with E-state index in [-0.39, 0.29) is 5.91 Å². The number of carbonyl (C=O) groups is 2. The molecule has 1 amide bonds. The van der Waals surface area contributed by atoms with Gasteiger partial charge in [0.1, 0.15) is 0 Å². The van der Waals surface area contributed by atoms with E-state index in [4.69, 9.17) is 16.3 Å². The molecule has 0 radical (unpaired) electrons. The summed E-state index contributed by atoms with van der Waals surface area (Å²) in [7, 11) is 1.32. The maximum Gasteiger partial charge on any atom is 0.338 e. The van der Waals surface area contributed by atoms with E-state index in [1.807, 2.05) is 12.1 Å². The summed E-state index contributed by atoms with van der Waals surface area (Å²) >= 11 is 5.85. The number of hydrogen-bond donors (Lipinski definition) is 1. The number of esters is 1. The lowest BCUT2D eigenvalue weighted by Gasteiger charge is -2.11. The van der Waals surface area contributed by atoms with Crippen LogP contribution in [0.5, 0.6) is 0 Å². The van der Waals surface area contributed by atoms with Gasteiger partial charge in [-0.25, -0.2) is 4.79 Å². The number of carbonyl (C=O) groups excluding carboxylic acids is 2. The van der Waals surface area contributed by atoms with E-state index in [9.17, 15) is 9.59 Å². The number of ether oxygens (including phenoxy) is 1. The number of halogens is 1. The molecule has 3 rings (SSSR count). The van der Waals surface area contributed by atoms with Crippen molar-refractivity contribution in [2.24, 2.45) is 0 Å². The zero-order valence-electron chi connectivity index (χ0n) is 12.9. The smallest absolute Gasteiger partial charge is 0.338 e. The highest BCUT2D eigenvalue weighted by Gasteiger charge is 2.17. The minimum atomic E-state index is -0.479. The molecule has 0 saturated carbocycles. The molecule has 0 unspecified atom stereocenters. The minimum absolute atomic E-state index is 0.306. The Kier molecular flexibility index (Phi) is 4.49. The molecule has 0 saturated heterocycles. The molecule has 0 bridgehead atoms. The number of nitrogens with one attached hydrogen (secondary N) is 1. The minimum Gasteiger partial charge on any atom is -0.465 e. The van der Waals surface area contributed by atoms with Crippen molar-refractivity contribution in [3.8, 4) is 0 Å². The van der Waals surface area contributed by atoms with Crippen molar-refractivity contribution in [3.63, 3.8) is 0 Å². The van der Waals surface area contributed by atoms with Gasteiger partial charge in [0.15, 0.2) is 0 Å². The average molecular weight is 340 g/mol. The Hall–Kier alpha value is -2.85. The van der Waals surface area contributed by atoms with Gasteiger partial charge >= 0.3 is 5.97 Å². The topological polar surface area (TPSA) is 55.4 Å². The number of fused-ring (bicyclic) bond motifs is 1. The molecular formula is C19H14ClNO3. The van der Waals surface area contributed by atoms with Crippen LogP contribution in [0.2, 0.25) is 5.02 Å². The molecule has 3 aromatic rings. The highest BCUT2D eigenvalue weighted by Crippen LogP contribution is 2.25. The first-order valence-electron chi connectivity index (χ1n) is 7.27. The van der Waals surface area contributed by atoms with Crippen molar-refractivity contribution in [1.29, 1.82) is 0 Å². The standard InChI is InChI=1S/C19H14ClNO3/c1-24-19(23)16-7-3-5-12-4-2-6-15(17(12)16)18(22)21-14-10-8-13(20)9-11-14/h2-11H,1H3,(H,21,22). The van der Waals surface area contributed by atoms with Gasteiger partial charge in [-0.2, -0.15) is 0 Å². The van der Waals surface area contributed by atoms with E-state index < -0.39 is 5.97 Å². The molecule has 1 N–H and O–H groups in total. The molecule has 0 heterocycles. The molecule has 0 spiro atoms. The van der Waals surface area contributed by atoms with Gasteiger partial charge in [0, 0.05) is 21.7 Å². The third-order valence-electron chi connectivity index (χ3n) is 3.66. The number of benzene rings is 3. The quantitative estimate of drug-likeness (QED) is 0.713. The second kappa shape index (κ2) is 6.72. The number of methoxy groups -OCH3 is 1. The summed E-state index contributed by atoms with van der Waals surface area (Å²) in [5.74, 6) is -0.786. The van der Waals surface area contributed by atoms with Crippen LogP contribution in [0.3, 0.4) is 0 Å². The van der Waals surface area contributed by atoms with E-state index in [0.29, 0.717) is 27.2 Å². The summed E-state index contributed by atoms with van der Waals surface area (Å²) in [6, 6.07) is 17.4. The molecule has 0 aromatic heterocycles. The van der Waals surface area contributed by atoms with Gasteiger partial charge in [-0.3, -0.25) is 4.79 Å². The Bertz CT molecular complexity index is 914. The average Bonchev–Trinajstić information content (AvgIpc) is 2.61. The van der Waals surface area contributed by atoms with Crippen LogP contribution in [0.1, 0.15) is 20.7 Å². The summed E-state index contributed by atoms with van der Waals surface area (Å²) in [5.41, 5.74) is 1.39. The maximum absolute atomic E-state index is 12.7. The van der Waals surface area contributed by atoms with Crippen molar-refractivity contribution in [3.05, 3.63) is 76.8 Å². The van der Waals surface area contributed by atoms with Crippen LogP contribution in [-0.4, -0.2) is 19.0 Å². The first-order valence-corrected chi connectivity index (χ1v) is 7.65. The lowest BCUT2D eigenvalue weighted by atomic mass is 9.98. The van der Waals surface area contributed by atoms with Crippen LogP contribution >= 0.6 is 11.6 Å². The molecule has 120 valence electrons. The number of hydrogen-bond acceptors (Lipinski definition) is 3. The molecular weight excluding hydrogens is 326 g/mol. The van der Waals surface area contributed by atoms with Crippen LogP contribution in [0.25, 0.3) is 10.8 Å². The molecule has 5 heteroatoms. The van der Waals surface area contributed by atoms with Gasteiger partial charge in [-0.1, -0.05) is 35.9 Å². The fourth-order valence-corrected chi connectivity index (χ4v) is 2.67. The largest absolute Gasteiger partial charge is 0.465 e. The van der Waals surface area contributed by atoms with Crippen LogP contribution in [0.4, 0.5) is 5.69 Å². The lowest BCUT2D eigenvalue weighted by Crippen LogP contribution is -2.14. The van der Waals surface area contributed by atoms with Gasteiger partial charge in [0.25, 0.3) is 5.91 Å². The second-order valence-electron chi connectivity index (χ2n) is 5.16. The van der Waals surface area contributed by atoms with Crippen LogP contribution < -0.4 is 5.32 Å². The van der Waals surface area contributed by atoms with E-state index in [2.05, 4.69) is 5.32 Å². The van der Waals surface area contributed by atoms with Crippen LogP contribution in [0, 0.1) is 0 Å². The number of rotatable bonds is 3. The van der Waals surface area contributed by atoms with Gasteiger partial charge < -0.3 is 10.1 Å². The molecule has 0 aliphatic heterocycles. The first kappa shape index (κ1) is 16.0. The second-order valence-corrected chi connectivity index (χ2v) is 5.60. The van der Waals surface area contributed by atoms with E-state index in [0.717, 1.165) is 5.39 Å². The van der Waals surface area contributed by atoms with Crippen molar-refractivity contribution in [2.75, 3.05) is 12.4 Å². The summed E-state index contributed by atoms with van der Waals surface area (Å²) in [6.45, 7) is 0. The Morgan fingerprint density at radius 2 is 1.54 bits per heavy atom. The Morgan fingerprint density at radius 3 is 2.17 bits per heavy atom. The molecule has 0 aliphatic carbocycles.